The number of hydrogen-bond acceptors (Lipinski definition) is 2. The molecule has 0 amide bonds. The predicted molar refractivity (Wildman–Crippen MR) is 93.7 cm³/mol. The second kappa shape index (κ2) is 8.54. The number of aliphatic hydroxyl groups is 1. The second-order valence-electron chi connectivity index (χ2n) is 5.43. The Balaban J connectivity index is 1.73. The lowest BCUT2D eigenvalue weighted by Gasteiger charge is -2.13. The van der Waals surface area contributed by atoms with E-state index in [-0.39, 0.29) is 0 Å². The van der Waals surface area contributed by atoms with Crippen molar-refractivity contribution in [1.29, 1.82) is 0 Å². The predicted octanol–water partition coefficient (Wildman–Crippen LogP) is 4.39. The minimum Gasteiger partial charge on any atom is -0.379 e. The highest BCUT2D eigenvalue weighted by Gasteiger charge is 2.06. The monoisotopic (exact) mass is 337 g/mol. The number of rotatable bonds is 7. The summed E-state index contributed by atoms with van der Waals surface area (Å²) >= 11 is 11.9. The van der Waals surface area contributed by atoms with E-state index >= 15 is 0 Å². The van der Waals surface area contributed by atoms with Crippen molar-refractivity contribution in [3.8, 4) is 0 Å². The Morgan fingerprint density at radius 2 is 1.82 bits per heavy atom. The summed E-state index contributed by atoms with van der Waals surface area (Å²) in [4.78, 5) is 0. The van der Waals surface area contributed by atoms with Crippen molar-refractivity contribution in [1.82, 2.24) is 5.32 Å². The zero-order valence-electron chi connectivity index (χ0n) is 12.7. The molecule has 0 spiro atoms. The molecule has 2 rings (SSSR count). The van der Waals surface area contributed by atoms with Crippen molar-refractivity contribution >= 4 is 23.2 Å². The van der Waals surface area contributed by atoms with Gasteiger partial charge >= 0.3 is 0 Å². The van der Waals surface area contributed by atoms with Crippen molar-refractivity contribution in [2.75, 3.05) is 6.54 Å². The van der Waals surface area contributed by atoms with E-state index in [1.54, 1.807) is 6.07 Å². The van der Waals surface area contributed by atoms with E-state index in [1.807, 2.05) is 24.3 Å². The average molecular weight is 338 g/mol. The van der Waals surface area contributed by atoms with Crippen LogP contribution in [0.15, 0.2) is 42.5 Å². The lowest BCUT2D eigenvalue weighted by atomic mass is 10.1. The highest BCUT2D eigenvalue weighted by atomic mass is 35.5. The topological polar surface area (TPSA) is 32.3 Å². The molecular weight excluding hydrogens is 317 g/mol. The fraction of sp³-hybridized carbons (Fsp3) is 0.333. The highest BCUT2D eigenvalue weighted by molar-refractivity contribution is 6.42. The molecular formula is C18H21Cl2NO. The van der Waals surface area contributed by atoms with E-state index in [4.69, 9.17) is 23.2 Å². The molecule has 2 aromatic carbocycles. The van der Waals surface area contributed by atoms with Gasteiger partial charge in [-0.2, -0.15) is 0 Å². The van der Waals surface area contributed by atoms with Crippen molar-refractivity contribution in [3.05, 3.63) is 69.2 Å². The van der Waals surface area contributed by atoms with Crippen LogP contribution in [0.1, 0.15) is 23.1 Å². The molecule has 2 nitrogen and oxygen atoms in total. The zero-order chi connectivity index (χ0) is 15.9. The zero-order valence-corrected chi connectivity index (χ0v) is 14.2. The van der Waals surface area contributed by atoms with E-state index < -0.39 is 6.23 Å². The Bertz CT molecular complexity index is 616. The average Bonchev–Trinajstić information content (AvgIpc) is 2.50. The van der Waals surface area contributed by atoms with E-state index in [9.17, 15) is 5.11 Å². The third-order valence-corrected chi connectivity index (χ3v) is 4.47. The molecule has 0 aliphatic rings. The molecule has 2 N–H and O–H groups in total. The first-order valence-electron chi connectivity index (χ1n) is 7.46. The molecule has 0 bridgehead atoms. The summed E-state index contributed by atoms with van der Waals surface area (Å²) in [6.45, 7) is 2.86. The molecule has 0 saturated heterocycles. The molecule has 2 aromatic rings. The number of aryl methyl sites for hydroxylation is 2. The lowest BCUT2D eigenvalue weighted by molar-refractivity contribution is 0.129. The number of nitrogens with one attached hydrogen (secondary N) is 1. The molecule has 0 aliphatic heterocycles. The maximum absolute atomic E-state index is 10.0. The van der Waals surface area contributed by atoms with Crippen LogP contribution in [0.4, 0.5) is 0 Å². The molecule has 0 aliphatic carbocycles. The number of hydrogen-bond donors (Lipinski definition) is 2. The first-order chi connectivity index (χ1) is 10.6. The normalized spacial score (nSPS) is 12.4. The summed E-state index contributed by atoms with van der Waals surface area (Å²) in [5.41, 5.74) is 3.68. The molecule has 22 heavy (non-hydrogen) atoms. The van der Waals surface area contributed by atoms with Crippen molar-refractivity contribution in [2.24, 2.45) is 0 Å². The van der Waals surface area contributed by atoms with Crippen LogP contribution in [0.5, 0.6) is 0 Å². The van der Waals surface area contributed by atoms with Gasteiger partial charge in [0.15, 0.2) is 0 Å². The van der Waals surface area contributed by atoms with Gasteiger partial charge in [0.05, 0.1) is 10.0 Å². The molecule has 0 radical (unpaired) electrons. The van der Waals surface area contributed by atoms with Crippen LogP contribution in [0.3, 0.4) is 0 Å². The van der Waals surface area contributed by atoms with Crippen molar-refractivity contribution < 1.29 is 5.11 Å². The standard InChI is InChI=1S/C18H21Cl2NO/c1-13-4-2-3-5-15(13)10-11-21-18(22)9-7-14-6-8-16(19)17(20)12-14/h2-6,8,12,18,21-22H,7,9-11H2,1H3. The summed E-state index contributed by atoms with van der Waals surface area (Å²) in [5, 5.41) is 14.3. The largest absolute Gasteiger partial charge is 0.379 e. The van der Waals surface area contributed by atoms with E-state index in [1.165, 1.54) is 11.1 Å². The quantitative estimate of drug-likeness (QED) is 0.734. The Hall–Kier alpha value is -1.06. The van der Waals surface area contributed by atoms with Gasteiger partial charge in [-0.05, 0) is 55.0 Å². The van der Waals surface area contributed by atoms with Gasteiger partial charge in [-0.25, -0.2) is 0 Å². The van der Waals surface area contributed by atoms with Crippen LogP contribution in [-0.4, -0.2) is 17.9 Å². The number of halogens is 2. The summed E-state index contributed by atoms with van der Waals surface area (Å²) in [5.74, 6) is 0. The minimum absolute atomic E-state index is 0.515. The van der Waals surface area contributed by atoms with Crippen LogP contribution in [-0.2, 0) is 12.8 Å². The van der Waals surface area contributed by atoms with E-state index in [0.29, 0.717) is 16.5 Å². The summed E-state index contributed by atoms with van der Waals surface area (Å²) in [6, 6.07) is 13.9. The van der Waals surface area contributed by atoms with Crippen LogP contribution >= 0.6 is 23.2 Å². The molecule has 0 aromatic heterocycles. The van der Waals surface area contributed by atoms with E-state index in [0.717, 1.165) is 24.9 Å². The van der Waals surface area contributed by atoms with Crippen molar-refractivity contribution in [2.45, 2.75) is 32.4 Å². The maximum atomic E-state index is 10.0. The van der Waals surface area contributed by atoms with Crippen LogP contribution in [0.2, 0.25) is 10.0 Å². The van der Waals surface area contributed by atoms with Crippen molar-refractivity contribution in [3.63, 3.8) is 0 Å². The van der Waals surface area contributed by atoms with Gasteiger partial charge in [0.1, 0.15) is 6.23 Å². The van der Waals surface area contributed by atoms with Gasteiger partial charge in [0.2, 0.25) is 0 Å². The first kappa shape index (κ1) is 17.3. The van der Waals surface area contributed by atoms with Crippen LogP contribution < -0.4 is 5.32 Å². The van der Waals surface area contributed by atoms with Gasteiger partial charge in [-0.1, -0.05) is 53.5 Å². The summed E-state index contributed by atoms with van der Waals surface area (Å²) in [7, 11) is 0. The SMILES string of the molecule is Cc1ccccc1CCNC(O)CCc1ccc(Cl)c(Cl)c1. The summed E-state index contributed by atoms with van der Waals surface area (Å²) < 4.78 is 0. The molecule has 0 saturated carbocycles. The Labute approximate surface area is 142 Å². The Morgan fingerprint density at radius 1 is 1.05 bits per heavy atom. The summed E-state index contributed by atoms with van der Waals surface area (Å²) in [6.07, 6.45) is 1.80. The Kier molecular flexibility index (Phi) is 6.71. The third-order valence-electron chi connectivity index (χ3n) is 3.73. The molecule has 1 atom stereocenters. The minimum atomic E-state index is -0.515. The number of aliphatic hydroxyl groups excluding tert-OH is 1. The molecule has 118 valence electrons. The molecule has 0 heterocycles. The molecule has 1 unspecified atom stereocenters. The maximum Gasteiger partial charge on any atom is 0.105 e. The second-order valence-corrected chi connectivity index (χ2v) is 6.25. The fourth-order valence-corrected chi connectivity index (χ4v) is 2.69. The van der Waals surface area contributed by atoms with Gasteiger partial charge in [0.25, 0.3) is 0 Å². The molecule has 4 heteroatoms. The first-order valence-corrected chi connectivity index (χ1v) is 8.22. The van der Waals surface area contributed by atoms with Gasteiger partial charge in [-0.3, -0.25) is 5.32 Å². The number of benzene rings is 2. The van der Waals surface area contributed by atoms with E-state index in [2.05, 4.69) is 24.4 Å². The highest BCUT2D eigenvalue weighted by Crippen LogP contribution is 2.23. The molecule has 0 fully saturated rings. The third kappa shape index (κ3) is 5.29. The smallest absolute Gasteiger partial charge is 0.105 e. The lowest BCUT2D eigenvalue weighted by Crippen LogP contribution is -2.31. The fourth-order valence-electron chi connectivity index (χ4n) is 2.36. The van der Waals surface area contributed by atoms with Gasteiger partial charge in [-0.15, -0.1) is 0 Å². The van der Waals surface area contributed by atoms with Gasteiger partial charge in [0, 0.05) is 6.54 Å². The Morgan fingerprint density at radius 3 is 2.55 bits per heavy atom. The van der Waals surface area contributed by atoms with Crippen LogP contribution in [0, 0.1) is 6.92 Å². The van der Waals surface area contributed by atoms with Crippen LogP contribution in [0.25, 0.3) is 0 Å². The van der Waals surface area contributed by atoms with Gasteiger partial charge < -0.3 is 5.11 Å².